The standard InChI is InChI=1S/C13H16N2O2S/c1-17-18(16)13-7-3-4-10-11(13)5-2-6-12(10)15-9-8-14/h2-7,15H,8-9,14H2,1H3. The second kappa shape index (κ2) is 5.95. The van der Waals surface area contributed by atoms with Gasteiger partial charge in [-0.15, -0.1) is 0 Å². The van der Waals surface area contributed by atoms with E-state index >= 15 is 0 Å². The summed E-state index contributed by atoms with van der Waals surface area (Å²) in [6, 6.07) is 11.5. The van der Waals surface area contributed by atoms with Crippen LogP contribution in [0.15, 0.2) is 41.3 Å². The van der Waals surface area contributed by atoms with Crippen LogP contribution in [-0.4, -0.2) is 24.4 Å². The second-order valence-electron chi connectivity index (χ2n) is 3.77. The number of fused-ring (bicyclic) bond motifs is 1. The van der Waals surface area contributed by atoms with Gasteiger partial charge >= 0.3 is 0 Å². The molecule has 0 heterocycles. The molecule has 0 saturated carbocycles. The molecule has 96 valence electrons. The number of nitrogens with one attached hydrogen (secondary N) is 1. The van der Waals surface area contributed by atoms with Crippen LogP contribution in [0.25, 0.3) is 10.8 Å². The number of rotatable bonds is 5. The van der Waals surface area contributed by atoms with Crippen LogP contribution >= 0.6 is 0 Å². The maximum Gasteiger partial charge on any atom is 0.189 e. The summed E-state index contributed by atoms with van der Waals surface area (Å²) >= 11 is -1.43. The Morgan fingerprint density at radius 1 is 1.22 bits per heavy atom. The van der Waals surface area contributed by atoms with Crippen molar-refractivity contribution in [1.82, 2.24) is 0 Å². The Balaban J connectivity index is 2.54. The minimum atomic E-state index is -1.43. The van der Waals surface area contributed by atoms with Crippen molar-refractivity contribution >= 4 is 27.5 Å². The van der Waals surface area contributed by atoms with Crippen molar-refractivity contribution < 1.29 is 8.39 Å². The van der Waals surface area contributed by atoms with E-state index < -0.39 is 11.1 Å². The number of hydrogen-bond donors (Lipinski definition) is 2. The molecule has 5 heteroatoms. The maximum atomic E-state index is 11.8. The Morgan fingerprint density at radius 3 is 2.67 bits per heavy atom. The van der Waals surface area contributed by atoms with Gasteiger partial charge in [0.2, 0.25) is 0 Å². The predicted molar refractivity (Wildman–Crippen MR) is 74.9 cm³/mol. The molecule has 0 fully saturated rings. The van der Waals surface area contributed by atoms with E-state index in [0.717, 1.165) is 16.5 Å². The summed E-state index contributed by atoms with van der Waals surface area (Å²) in [5.74, 6) is 0. The summed E-state index contributed by atoms with van der Waals surface area (Å²) < 4.78 is 16.7. The van der Waals surface area contributed by atoms with Crippen molar-refractivity contribution in [2.24, 2.45) is 5.73 Å². The Kier molecular flexibility index (Phi) is 4.30. The summed E-state index contributed by atoms with van der Waals surface area (Å²) in [5, 5.41) is 5.21. The van der Waals surface area contributed by atoms with Crippen molar-refractivity contribution in [2.45, 2.75) is 4.90 Å². The van der Waals surface area contributed by atoms with Gasteiger partial charge in [0.05, 0.1) is 12.0 Å². The summed E-state index contributed by atoms with van der Waals surface area (Å²) in [7, 11) is 1.44. The minimum absolute atomic E-state index is 0.570. The van der Waals surface area contributed by atoms with E-state index in [-0.39, 0.29) is 0 Å². The SMILES string of the molecule is COS(=O)c1cccc2c(NCCN)cccc12. The lowest BCUT2D eigenvalue weighted by molar-refractivity contribution is 0.446. The van der Waals surface area contributed by atoms with Gasteiger partial charge in [-0.1, -0.05) is 24.3 Å². The quantitative estimate of drug-likeness (QED) is 0.865. The molecule has 3 N–H and O–H groups in total. The summed E-state index contributed by atoms with van der Waals surface area (Å²) in [6.45, 7) is 1.27. The van der Waals surface area contributed by atoms with Crippen molar-refractivity contribution in [1.29, 1.82) is 0 Å². The Morgan fingerprint density at radius 2 is 1.94 bits per heavy atom. The average molecular weight is 264 g/mol. The normalized spacial score (nSPS) is 12.6. The molecule has 0 aliphatic rings. The van der Waals surface area contributed by atoms with E-state index in [1.165, 1.54) is 7.11 Å². The highest BCUT2D eigenvalue weighted by Gasteiger charge is 2.09. The molecule has 1 unspecified atom stereocenters. The molecule has 2 aromatic carbocycles. The molecule has 0 aliphatic carbocycles. The first-order valence-corrected chi connectivity index (χ1v) is 6.77. The Hall–Kier alpha value is -1.43. The molecule has 0 spiro atoms. The van der Waals surface area contributed by atoms with Gasteiger partial charge in [-0.2, -0.15) is 0 Å². The van der Waals surface area contributed by atoms with E-state index in [1.54, 1.807) is 0 Å². The maximum absolute atomic E-state index is 11.8. The first-order chi connectivity index (χ1) is 8.77. The zero-order chi connectivity index (χ0) is 13.0. The lowest BCUT2D eigenvalue weighted by Crippen LogP contribution is -2.13. The van der Waals surface area contributed by atoms with Crippen molar-refractivity contribution in [2.75, 3.05) is 25.5 Å². The first kappa shape index (κ1) is 13.0. The van der Waals surface area contributed by atoms with Crippen molar-refractivity contribution in [3.8, 4) is 0 Å². The number of hydrogen-bond acceptors (Lipinski definition) is 4. The third-order valence-corrected chi connectivity index (χ3v) is 3.69. The predicted octanol–water partition coefficient (Wildman–Crippen LogP) is 1.88. The molecule has 2 rings (SSSR count). The Labute approximate surface area is 109 Å². The minimum Gasteiger partial charge on any atom is -0.383 e. The number of nitrogens with two attached hydrogens (primary N) is 1. The van der Waals surface area contributed by atoms with Gasteiger partial charge in [0.15, 0.2) is 11.1 Å². The van der Waals surface area contributed by atoms with Crippen molar-refractivity contribution in [3.05, 3.63) is 36.4 Å². The molecule has 0 amide bonds. The number of benzene rings is 2. The summed E-state index contributed by atoms with van der Waals surface area (Å²) in [4.78, 5) is 0.686. The summed E-state index contributed by atoms with van der Waals surface area (Å²) in [6.07, 6.45) is 0. The molecule has 0 aliphatic heterocycles. The lowest BCUT2D eigenvalue weighted by Gasteiger charge is -2.10. The van der Waals surface area contributed by atoms with Gasteiger partial charge in [-0.05, 0) is 12.1 Å². The van der Waals surface area contributed by atoms with E-state index in [9.17, 15) is 4.21 Å². The third kappa shape index (κ3) is 2.53. The van der Waals surface area contributed by atoms with Crippen LogP contribution in [0.4, 0.5) is 5.69 Å². The van der Waals surface area contributed by atoms with Gasteiger partial charge in [-0.25, -0.2) is 4.21 Å². The fraction of sp³-hybridized carbons (Fsp3) is 0.231. The molecule has 2 aromatic rings. The average Bonchev–Trinajstić information content (AvgIpc) is 2.43. The molecule has 1 atom stereocenters. The second-order valence-corrected chi connectivity index (χ2v) is 5.02. The highest BCUT2D eigenvalue weighted by molar-refractivity contribution is 7.80. The molecule has 18 heavy (non-hydrogen) atoms. The molecule has 0 radical (unpaired) electrons. The molecular weight excluding hydrogens is 248 g/mol. The van der Waals surface area contributed by atoms with Crippen LogP contribution in [0.3, 0.4) is 0 Å². The fourth-order valence-corrected chi connectivity index (χ4v) is 2.60. The van der Waals surface area contributed by atoms with E-state index in [2.05, 4.69) is 5.32 Å². The van der Waals surface area contributed by atoms with E-state index in [1.807, 2.05) is 36.4 Å². The van der Waals surface area contributed by atoms with Crippen LogP contribution in [0, 0.1) is 0 Å². The van der Waals surface area contributed by atoms with Crippen LogP contribution < -0.4 is 11.1 Å². The Bertz CT molecular complexity index is 572. The first-order valence-electron chi connectivity index (χ1n) is 5.70. The van der Waals surface area contributed by atoms with E-state index in [0.29, 0.717) is 18.0 Å². The zero-order valence-corrected chi connectivity index (χ0v) is 11.0. The third-order valence-electron chi connectivity index (χ3n) is 2.67. The van der Waals surface area contributed by atoms with Gasteiger partial charge in [0, 0.05) is 29.5 Å². The highest BCUT2D eigenvalue weighted by atomic mass is 32.2. The molecule has 0 bridgehead atoms. The van der Waals surface area contributed by atoms with Crippen LogP contribution in [0.2, 0.25) is 0 Å². The molecule has 4 nitrogen and oxygen atoms in total. The van der Waals surface area contributed by atoms with Crippen LogP contribution in [0.1, 0.15) is 0 Å². The molecule has 0 saturated heterocycles. The van der Waals surface area contributed by atoms with Gasteiger partial charge in [0.25, 0.3) is 0 Å². The smallest absolute Gasteiger partial charge is 0.189 e. The monoisotopic (exact) mass is 264 g/mol. The molecule has 0 aromatic heterocycles. The van der Waals surface area contributed by atoms with E-state index in [4.69, 9.17) is 9.92 Å². The highest BCUT2D eigenvalue weighted by Crippen LogP contribution is 2.28. The number of anilines is 1. The van der Waals surface area contributed by atoms with Gasteiger partial charge in [-0.3, -0.25) is 4.18 Å². The fourth-order valence-electron chi connectivity index (χ4n) is 1.88. The lowest BCUT2D eigenvalue weighted by atomic mass is 10.1. The largest absolute Gasteiger partial charge is 0.383 e. The van der Waals surface area contributed by atoms with Crippen LogP contribution in [0.5, 0.6) is 0 Å². The van der Waals surface area contributed by atoms with Gasteiger partial charge < -0.3 is 11.1 Å². The topological polar surface area (TPSA) is 64.3 Å². The molecular formula is C13H16N2O2S. The van der Waals surface area contributed by atoms with Crippen molar-refractivity contribution in [3.63, 3.8) is 0 Å². The summed E-state index contributed by atoms with van der Waals surface area (Å²) in [5.41, 5.74) is 6.48. The van der Waals surface area contributed by atoms with Gasteiger partial charge in [0.1, 0.15) is 0 Å². The van der Waals surface area contributed by atoms with Crippen LogP contribution in [-0.2, 0) is 15.3 Å². The zero-order valence-electron chi connectivity index (χ0n) is 10.2.